The molecule has 0 radical (unpaired) electrons. The Balaban J connectivity index is 1.95. The number of aromatic amines is 2. The van der Waals surface area contributed by atoms with Crippen molar-refractivity contribution in [2.24, 2.45) is 5.10 Å². The molecular formula is C16H18BrN5O4S. The van der Waals surface area contributed by atoms with Gasteiger partial charge in [0, 0.05) is 0 Å². The number of carbonyl (C=O) groups is 1. The molecule has 1 amide bonds. The van der Waals surface area contributed by atoms with Crippen molar-refractivity contribution in [3.8, 4) is 5.75 Å². The number of ether oxygens (including phenoxy) is 1. The van der Waals surface area contributed by atoms with Crippen LogP contribution in [0.5, 0.6) is 5.75 Å². The van der Waals surface area contributed by atoms with E-state index in [0.717, 1.165) is 27.5 Å². The van der Waals surface area contributed by atoms with E-state index in [4.69, 9.17) is 4.74 Å². The highest BCUT2D eigenvalue weighted by molar-refractivity contribution is 9.10. The topological polar surface area (TPSA) is 129 Å². The molecule has 3 N–H and O–H groups in total. The minimum atomic E-state index is -0.706. The molecule has 0 aliphatic carbocycles. The maximum absolute atomic E-state index is 12.1. The fourth-order valence-corrected chi connectivity index (χ4v) is 3.09. The zero-order chi connectivity index (χ0) is 20.0. The second-order valence-electron chi connectivity index (χ2n) is 5.66. The summed E-state index contributed by atoms with van der Waals surface area (Å²) in [6.45, 7) is 5.47. The lowest BCUT2D eigenvalue weighted by molar-refractivity contribution is -0.120. The molecule has 0 saturated carbocycles. The van der Waals surface area contributed by atoms with Crippen molar-refractivity contribution >= 4 is 39.8 Å². The van der Waals surface area contributed by atoms with Gasteiger partial charge in [-0.05, 0) is 60.5 Å². The highest BCUT2D eigenvalue weighted by Gasteiger charge is 2.17. The fourth-order valence-electron chi connectivity index (χ4n) is 1.85. The molecule has 0 aliphatic heterocycles. The number of halogens is 1. The van der Waals surface area contributed by atoms with Gasteiger partial charge in [-0.25, -0.2) is 15.3 Å². The van der Waals surface area contributed by atoms with Crippen LogP contribution < -0.4 is 21.4 Å². The Morgan fingerprint density at radius 3 is 2.74 bits per heavy atom. The summed E-state index contributed by atoms with van der Waals surface area (Å²) < 4.78 is 6.40. The van der Waals surface area contributed by atoms with Gasteiger partial charge in [0.25, 0.3) is 11.5 Å². The van der Waals surface area contributed by atoms with E-state index in [9.17, 15) is 14.4 Å². The summed E-state index contributed by atoms with van der Waals surface area (Å²) >= 11 is 4.33. The van der Waals surface area contributed by atoms with Crippen molar-refractivity contribution < 1.29 is 9.53 Å². The molecule has 9 nitrogen and oxygen atoms in total. The molecule has 0 bridgehead atoms. The third kappa shape index (κ3) is 6.36. The Morgan fingerprint density at radius 2 is 2.11 bits per heavy atom. The number of hydrazone groups is 1. The summed E-state index contributed by atoms with van der Waals surface area (Å²) in [5.41, 5.74) is 1.80. The molecular weight excluding hydrogens is 438 g/mol. The smallest absolute Gasteiger partial charge is 0.342 e. The Labute approximate surface area is 167 Å². The fraction of sp³-hybridized carbons (Fsp3) is 0.312. The van der Waals surface area contributed by atoms with Gasteiger partial charge in [0.1, 0.15) is 5.75 Å². The van der Waals surface area contributed by atoms with Crippen LogP contribution in [0.15, 0.2) is 42.4 Å². The van der Waals surface area contributed by atoms with E-state index < -0.39 is 22.4 Å². The number of benzene rings is 1. The molecule has 2 rings (SSSR count). The first-order valence-corrected chi connectivity index (χ1v) is 9.58. The average molecular weight is 456 g/mol. The molecule has 0 fully saturated rings. The van der Waals surface area contributed by atoms with Crippen LogP contribution in [0.1, 0.15) is 26.3 Å². The summed E-state index contributed by atoms with van der Waals surface area (Å²) in [5.74, 6) is 0.303. The standard InChI is InChI=1S/C16H18BrN5O4S/c1-8(2)26-12-5-4-10(6-11(12)17)7-18-20-13(23)9(3)27-15-14(24)19-16(25)22-21-15/h4-9H,1-3H3,(H,20,23)(H2,19,22,24,25)/b18-7+. The van der Waals surface area contributed by atoms with E-state index in [0.29, 0.717) is 0 Å². The van der Waals surface area contributed by atoms with Crippen LogP contribution in [0.4, 0.5) is 0 Å². The summed E-state index contributed by atoms with van der Waals surface area (Å²) in [6.07, 6.45) is 1.55. The maximum atomic E-state index is 12.1. The lowest BCUT2D eigenvalue weighted by atomic mass is 10.2. The van der Waals surface area contributed by atoms with Crippen molar-refractivity contribution in [1.29, 1.82) is 0 Å². The van der Waals surface area contributed by atoms with E-state index in [-0.39, 0.29) is 11.1 Å². The molecule has 144 valence electrons. The monoisotopic (exact) mass is 455 g/mol. The van der Waals surface area contributed by atoms with Crippen molar-refractivity contribution in [1.82, 2.24) is 20.6 Å². The Morgan fingerprint density at radius 1 is 1.37 bits per heavy atom. The molecule has 1 aromatic carbocycles. The first-order chi connectivity index (χ1) is 12.8. The number of nitrogens with zero attached hydrogens (tertiary/aromatic N) is 2. The molecule has 0 aliphatic rings. The highest BCUT2D eigenvalue weighted by atomic mass is 79.9. The zero-order valence-corrected chi connectivity index (χ0v) is 17.2. The van der Waals surface area contributed by atoms with Crippen LogP contribution in [0.2, 0.25) is 0 Å². The molecule has 27 heavy (non-hydrogen) atoms. The first kappa shape index (κ1) is 20.9. The van der Waals surface area contributed by atoms with Crippen molar-refractivity contribution in [3.63, 3.8) is 0 Å². The second kappa shape index (κ2) is 9.51. The van der Waals surface area contributed by atoms with Gasteiger partial charge in [0.2, 0.25) is 0 Å². The largest absolute Gasteiger partial charge is 0.490 e. The highest BCUT2D eigenvalue weighted by Crippen LogP contribution is 2.26. The molecule has 1 heterocycles. The Kier molecular flexibility index (Phi) is 7.36. The third-order valence-electron chi connectivity index (χ3n) is 3.04. The summed E-state index contributed by atoms with van der Waals surface area (Å²) in [4.78, 5) is 36.6. The van der Waals surface area contributed by atoms with Gasteiger partial charge in [0.05, 0.1) is 22.0 Å². The van der Waals surface area contributed by atoms with E-state index in [2.05, 4.69) is 36.7 Å². The maximum Gasteiger partial charge on any atom is 0.342 e. The van der Waals surface area contributed by atoms with Gasteiger partial charge in [-0.15, -0.1) is 0 Å². The van der Waals surface area contributed by atoms with Crippen LogP contribution in [0.3, 0.4) is 0 Å². The van der Waals surface area contributed by atoms with E-state index >= 15 is 0 Å². The van der Waals surface area contributed by atoms with Gasteiger partial charge in [-0.1, -0.05) is 11.8 Å². The summed E-state index contributed by atoms with van der Waals surface area (Å²) in [7, 11) is 0. The van der Waals surface area contributed by atoms with Gasteiger partial charge in [-0.2, -0.15) is 10.2 Å². The number of aromatic nitrogens is 3. The number of nitrogens with one attached hydrogen (secondary N) is 3. The molecule has 0 saturated heterocycles. The van der Waals surface area contributed by atoms with Crippen molar-refractivity contribution in [3.05, 3.63) is 49.1 Å². The predicted octanol–water partition coefficient (Wildman–Crippen LogP) is 1.64. The number of H-pyrrole nitrogens is 2. The first-order valence-electron chi connectivity index (χ1n) is 7.91. The number of hydrogen-bond acceptors (Lipinski definition) is 7. The van der Waals surface area contributed by atoms with Gasteiger partial charge in [-0.3, -0.25) is 14.6 Å². The molecule has 2 aromatic rings. The summed E-state index contributed by atoms with van der Waals surface area (Å²) in [6, 6.07) is 5.43. The van der Waals surface area contributed by atoms with Gasteiger partial charge in [0.15, 0.2) is 5.03 Å². The lowest BCUT2D eigenvalue weighted by Gasteiger charge is -2.11. The van der Waals surface area contributed by atoms with Gasteiger partial charge < -0.3 is 4.74 Å². The number of rotatable bonds is 7. The SMILES string of the molecule is CC(C)Oc1ccc(/C=N/NC(=O)C(C)Sc2n[nH]c(=O)[nH]c2=O)cc1Br. The molecule has 11 heteroatoms. The Hall–Kier alpha value is -2.40. The van der Waals surface area contributed by atoms with Crippen LogP contribution in [-0.2, 0) is 4.79 Å². The Bertz CT molecular complexity index is 956. The van der Waals surface area contributed by atoms with Crippen molar-refractivity contribution in [2.45, 2.75) is 37.2 Å². The third-order valence-corrected chi connectivity index (χ3v) is 4.73. The molecule has 1 unspecified atom stereocenters. The molecule has 1 aromatic heterocycles. The van der Waals surface area contributed by atoms with Crippen LogP contribution >= 0.6 is 27.7 Å². The minimum absolute atomic E-state index is 0.00842. The minimum Gasteiger partial charge on any atom is -0.490 e. The molecule has 1 atom stereocenters. The van der Waals surface area contributed by atoms with Crippen LogP contribution in [0.25, 0.3) is 0 Å². The predicted molar refractivity (Wildman–Crippen MR) is 106 cm³/mol. The molecule has 0 spiro atoms. The second-order valence-corrected chi connectivity index (χ2v) is 7.85. The van der Waals surface area contributed by atoms with Crippen LogP contribution in [0, 0.1) is 0 Å². The average Bonchev–Trinajstić information content (AvgIpc) is 2.59. The van der Waals surface area contributed by atoms with Crippen LogP contribution in [-0.4, -0.2) is 38.7 Å². The van der Waals surface area contributed by atoms with Crippen molar-refractivity contribution in [2.75, 3.05) is 0 Å². The quantitative estimate of drug-likeness (QED) is 0.330. The number of hydrogen-bond donors (Lipinski definition) is 3. The van der Waals surface area contributed by atoms with Gasteiger partial charge >= 0.3 is 5.69 Å². The zero-order valence-electron chi connectivity index (χ0n) is 14.8. The van der Waals surface area contributed by atoms with E-state index in [1.54, 1.807) is 19.1 Å². The number of carbonyl (C=O) groups excluding carboxylic acids is 1. The number of thioether (sulfide) groups is 1. The normalized spacial score (nSPS) is 12.3. The van der Waals surface area contributed by atoms with E-state index in [1.807, 2.05) is 24.9 Å². The summed E-state index contributed by atoms with van der Waals surface area (Å²) in [5, 5.41) is 8.98. The van der Waals surface area contributed by atoms with E-state index in [1.165, 1.54) is 6.21 Å². The lowest BCUT2D eigenvalue weighted by Crippen LogP contribution is -2.30. The number of amides is 1.